The van der Waals surface area contributed by atoms with Crippen molar-refractivity contribution in [3.63, 3.8) is 0 Å². The first-order chi connectivity index (χ1) is 7.24. The Kier molecular flexibility index (Phi) is 3.10. The third-order valence-electron chi connectivity index (χ3n) is 2.80. The Morgan fingerprint density at radius 3 is 2.80 bits per heavy atom. The Morgan fingerprint density at radius 2 is 2.20 bits per heavy atom. The molecule has 4 heteroatoms. The second-order valence-corrected chi connectivity index (χ2v) is 4.42. The molecular formula is C11H16ClN3. The van der Waals surface area contributed by atoms with Gasteiger partial charge in [0.25, 0.3) is 0 Å². The van der Waals surface area contributed by atoms with Crippen LogP contribution in [0.2, 0.25) is 5.15 Å². The van der Waals surface area contributed by atoms with Crippen LogP contribution in [-0.2, 0) is 6.42 Å². The average molecular weight is 226 g/mol. The monoisotopic (exact) mass is 225 g/mol. The molecule has 0 bridgehead atoms. The first-order valence-corrected chi connectivity index (χ1v) is 5.84. The lowest BCUT2D eigenvalue weighted by Crippen LogP contribution is -2.22. The Labute approximate surface area is 95.5 Å². The highest BCUT2D eigenvalue weighted by Crippen LogP contribution is 2.32. The zero-order chi connectivity index (χ0) is 10.8. The molecule has 1 aliphatic carbocycles. The molecule has 82 valence electrons. The normalized spacial score (nSPS) is 15.4. The molecule has 1 aromatic rings. The van der Waals surface area contributed by atoms with Crippen molar-refractivity contribution in [3.8, 4) is 0 Å². The lowest BCUT2D eigenvalue weighted by Gasteiger charge is -2.20. The molecule has 0 amide bonds. The molecule has 0 unspecified atom stereocenters. The predicted octanol–water partition coefficient (Wildman–Crippen LogP) is 2.68. The molecule has 0 radical (unpaired) electrons. The second kappa shape index (κ2) is 4.35. The summed E-state index contributed by atoms with van der Waals surface area (Å²) in [4.78, 5) is 10.6. The number of anilines is 1. The zero-order valence-electron chi connectivity index (χ0n) is 9.20. The fourth-order valence-corrected chi connectivity index (χ4v) is 2.01. The van der Waals surface area contributed by atoms with Crippen LogP contribution in [-0.4, -0.2) is 23.1 Å². The lowest BCUT2D eigenvalue weighted by atomic mass is 10.2. The van der Waals surface area contributed by atoms with Gasteiger partial charge in [-0.2, -0.15) is 0 Å². The average Bonchev–Trinajstić information content (AvgIpc) is 3.04. The molecule has 3 nitrogen and oxygen atoms in total. The van der Waals surface area contributed by atoms with Gasteiger partial charge in [0.1, 0.15) is 17.3 Å². The maximum atomic E-state index is 6.10. The Hall–Kier alpha value is -0.830. The van der Waals surface area contributed by atoms with Gasteiger partial charge in [-0.15, -0.1) is 0 Å². The minimum atomic E-state index is 0.606. The summed E-state index contributed by atoms with van der Waals surface area (Å²) in [6.45, 7) is 2.14. The molecule has 1 aliphatic rings. The van der Waals surface area contributed by atoms with Crippen LogP contribution < -0.4 is 4.90 Å². The molecule has 1 heterocycles. The van der Waals surface area contributed by atoms with Gasteiger partial charge in [-0.05, 0) is 19.3 Å². The number of halogens is 1. The third-order valence-corrected chi connectivity index (χ3v) is 3.12. The molecular weight excluding hydrogens is 210 g/mol. The molecule has 1 saturated carbocycles. The summed E-state index contributed by atoms with van der Waals surface area (Å²) < 4.78 is 0. The van der Waals surface area contributed by atoms with Gasteiger partial charge in [-0.25, -0.2) is 9.97 Å². The summed E-state index contributed by atoms with van der Waals surface area (Å²) in [7, 11) is 2.09. The van der Waals surface area contributed by atoms with Crippen LogP contribution in [0.15, 0.2) is 6.33 Å². The second-order valence-electron chi connectivity index (χ2n) is 4.06. The van der Waals surface area contributed by atoms with E-state index in [0.29, 0.717) is 11.2 Å². The van der Waals surface area contributed by atoms with E-state index in [1.165, 1.54) is 12.8 Å². The molecule has 1 aromatic heterocycles. The molecule has 0 aromatic carbocycles. The summed E-state index contributed by atoms with van der Waals surface area (Å²) in [5, 5.41) is 0.606. The Balaban J connectivity index is 2.31. The van der Waals surface area contributed by atoms with Crippen molar-refractivity contribution in [2.24, 2.45) is 0 Å². The van der Waals surface area contributed by atoms with Gasteiger partial charge in [0.2, 0.25) is 0 Å². The number of hydrogen-bond donors (Lipinski definition) is 0. The molecule has 0 aliphatic heterocycles. The van der Waals surface area contributed by atoms with Crippen molar-refractivity contribution in [1.29, 1.82) is 0 Å². The summed E-state index contributed by atoms with van der Waals surface area (Å²) in [6.07, 6.45) is 6.10. The van der Waals surface area contributed by atoms with E-state index in [1.807, 2.05) is 0 Å². The molecule has 0 spiro atoms. The van der Waals surface area contributed by atoms with Crippen LogP contribution in [0.4, 0.5) is 5.82 Å². The van der Waals surface area contributed by atoms with Crippen molar-refractivity contribution in [3.05, 3.63) is 17.0 Å². The van der Waals surface area contributed by atoms with Crippen LogP contribution >= 0.6 is 11.6 Å². The van der Waals surface area contributed by atoms with E-state index in [0.717, 1.165) is 24.2 Å². The first kappa shape index (κ1) is 10.7. The van der Waals surface area contributed by atoms with Crippen molar-refractivity contribution in [2.45, 2.75) is 38.6 Å². The van der Waals surface area contributed by atoms with Gasteiger partial charge >= 0.3 is 0 Å². The lowest BCUT2D eigenvalue weighted by molar-refractivity contribution is 0.839. The molecule has 15 heavy (non-hydrogen) atoms. The highest BCUT2D eigenvalue weighted by molar-refractivity contribution is 6.30. The predicted molar refractivity (Wildman–Crippen MR) is 62.5 cm³/mol. The van der Waals surface area contributed by atoms with Crippen LogP contribution in [0.3, 0.4) is 0 Å². The molecule has 0 saturated heterocycles. The van der Waals surface area contributed by atoms with E-state index in [4.69, 9.17) is 11.6 Å². The van der Waals surface area contributed by atoms with Gasteiger partial charge in [-0.1, -0.05) is 24.9 Å². The zero-order valence-corrected chi connectivity index (χ0v) is 9.96. The standard InChI is InChI=1S/C11H16ClN3/c1-3-4-9-10(12)13-7-14-11(9)15(2)8-5-6-8/h7-8H,3-6H2,1-2H3. The number of aromatic nitrogens is 2. The maximum absolute atomic E-state index is 6.10. The van der Waals surface area contributed by atoms with Gasteiger partial charge in [-0.3, -0.25) is 0 Å². The smallest absolute Gasteiger partial charge is 0.137 e. The Bertz CT molecular complexity index is 350. The molecule has 2 rings (SSSR count). The van der Waals surface area contributed by atoms with Gasteiger partial charge < -0.3 is 4.90 Å². The van der Waals surface area contributed by atoms with E-state index in [1.54, 1.807) is 6.33 Å². The minimum Gasteiger partial charge on any atom is -0.356 e. The van der Waals surface area contributed by atoms with Crippen molar-refractivity contribution in [1.82, 2.24) is 9.97 Å². The van der Waals surface area contributed by atoms with Gasteiger partial charge in [0.15, 0.2) is 0 Å². The van der Waals surface area contributed by atoms with E-state index in [-0.39, 0.29) is 0 Å². The van der Waals surface area contributed by atoms with Crippen LogP contribution in [0.1, 0.15) is 31.7 Å². The third kappa shape index (κ3) is 2.23. The van der Waals surface area contributed by atoms with Crippen molar-refractivity contribution >= 4 is 17.4 Å². The highest BCUT2D eigenvalue weighted by Gasteiger charge is 2.28. The van der Waals surface area contributed by atoms with Crippen molar-refractivity contribution in [2.75, 3.05) is 11.9 Å². The summed E-state index contributed by atoms with van der Waals surface area (Å²) in [5.41, 5.74) is 1.09. The first-order valence-electron chi connectivity index (χ1n) is 5.46. The topological polar surface area (TPSA) is 29.0 Å². The van der Waals surface area contributed by atoms with Gasteiger partial charge in [0.05, 0.1) is 0 Å². The summed E-state index contributed by atoms with van der Waals surface area (Å²) >= 11 is 6.10. The molecule has 0 N–H and O–H groups in total. The molecule has 0 atom stereocenters. The SMILES string of the molecule is CCCc1c(Cl)ncnc1N(C)C1CC1. The van der Waals surface area contributed by atoms with Crippen LogP contribution in [0.25, 0.3) is 0 Å². The number of nitrogens with zero attached hydrogens (tertiary/aromatic N) is 3. The van der Waals surface area contributed by atoms with E-state index in [2.05, 4.69) is 28.8 Å². The number of rotatable bonds is 4. The van der Waals surface area contributed by atoms with E-state index >= 15 is 0 Å². The van der Waals surface area contributed by atoms with Crippen LogP contribution in [0.5, 0.6) is 0 Å². The molecule has 1 fully saturated rings. The fourth-order valence-electron chi connectivity index (χ4n) is 1.79. The van der Waals surface area contributed by atoms with Crippen molar-refractivity contribution < 1.29 is 0 Å². The summed E-state index contributed by atoms with van der Waals surface area (Å²) in [5.74, 6) is 1.01. The fraction of sp³-hybridized carbons (Fsp3) is 0.636. The minimum absolute atomic E-state index is 0.606. The van der Waals surface area contributed by atoms with Crippen LogP contribution in [0, 0.1) is 0 Å². The highest BCUT2D eigenvalue weighted by atomic mass is 35.5. The Morgan fingerprint density at radius 1 is 1.47 bits per heavy atom. The summed E-state index contributed by atoms with van der Waals surface area (Å²) in [6, 6.07) is 0.659. The van der Waals surface area contributed by atoms with Gasteiger partial charge in [0, 0.05) is 18.7 Å². The quantitative estimate of drug-likeness (QED) is 0.738. The largest absolute Gasteiger partial charge is 0.356 e. The van der Waals surface area contributed by atoms with E-state index < -0.39 is 0 Å². The number of hydrogen-bond acceptors (Lipinski definition) is 3. The van der Waals surface area contributed by atoms with E-state index in [9.17, 15) is 0 Å². The maximum Gasteiger partial charge on any atom is 0.137 e.